The molecule has 3 N–H and O–H groups in total. The lowest BCUT2D eigenvalue weighted by molar-refractivity contribution is 0.0761. The van der Waals surface area contributed by atoms with Crippen LogP contribution in [0.2, 0.25) is 0 Å². The highest BCUT2D eigenvalue weighted by atomic mass is 16.2. The van der Waals surface area contributed by atoms with Crippen LogP contribution in [0.15, 0.2) is 48.5 Å². The lowest BCUT2D eigenvalue weighted by Gasteiger charge is -2.20. The van der Waals surface area contributed by atoms with Gasteiger partial charge in [-0.3, -0.25) is 9.59 Å². The van der Waals surface area contributed by atoms with Crippen molar-refractivity contribution in [2.75, 3.05) is 45.6 Å². The number of nitrogens with one attached hydrogen (secondary N) is 3. The van der Waals surface area contributed by atoms with Crippen molar-refractivity contribution < 1.29 is 14.4 Å². The number of anilines is 1. The molecule has 1 heterocycles. The van der Waals surface area contributed by atoms with Gasteiger partial charge in [-0.1, -0.05) is 25.0 Å². The Labute approximate surface area is 201 Å². The third-order valence-electron chi connectivity index (χ3n) is 5.77. The summed E-state index contributed by atoms with van der Waals surface area (Å²) in [6, 6.07) is 13.8. The van der Waals surface area contributed by atoms with Crippen molar-refractivity contribution in [2.24, 2.45) is 0 Å². The largest absolute Gasteiger partial charge is 0.351 e. The molecule has 0 aromatic heterocycles. The van der Waals surface area contributed by atoms with Crippen LogP contribution in [0.1, 0.15) is 52.0 Å². The average Bonchev–Trinajstić information content (AvgIpc) is 3.12. The first-order chi connectivity index (χ1) is 16.4. The summed E-state index contributed by atoms with van der Waals surface area (Å²) in [5, 5.41) is 8.47. The van der Waals surface area contributed by atoms with Gasteiger partial charge in [-0.2, -0.15) is 0 Å². The Kier molecular flexibility index (Phi) is 9.46. The highest BCUT2D eigenvalue weighted by molar-refractivity contribution is 5.96. The number of carbonyl (C=O) groups excluding carboxylic acids is 3. The number of rotatable bonds is 8. The second-order valence-corrected chi connectivity index (χ2v) is 8.85. The van der Waals surface area contributed by atoms with Crippen molar-refractivity contribution in [1.29, 1.82) is 0 Å². The first-order valence-corrected chi connectivity index (χ1v) is 11.9. The van der Waals surface area contributed by atoms with E-state index in [1.807, 2.05) is 30.0 Å². The van der Waals surface area contributed by atoms with Gasteiger partial charge in [-0.05, 0) is 68.9 Å². The quantitative estimate of drug-likeness (QED) is 0.558. The normalized spacial score (nSPS) is 13.8. The molecule has 0 spiro atoms. The number of hydrogen-bond acceptors (Lipinski definition) is 4. The number of hydrogen-bond donors (Lipinski definition) is 3. The fraction of sp³-hybridized carbons (Fsp3) is 0.423. The van der Waals surface area contributed by atoms with Crippen LogP contribution in [-0.2, 0) is 6.54 Å². The molecule has 0 radical (unpaired) electrons. The van der Waals surface area contributed by atoms with Crippen molar-refractivity contribution in [3.63, 3.8) is 0 Å². The van der Waals surface area contributed by atoms with E-state index in [2.05, 4.69) is 16.0 Å². The number of amides is 4. The van der Waals surface area contributed by atoms with Gasteiger partial charge in [0.05, 0.1) is 0 Å². The molecule has 0 bridgehead atoms. The van der Waals surface area contributed by atoms with Gasteiger partial charge in [0.1, 0.15) is 0 Å². The Morgan fingerprint density at radius 3 is 2.26 bits per heavy atom. The molecule has 2 aromatic rings. The SMILES string of the molecule is CN(C)CCNC(=O)c1cccc(CNC(=O)Nc2ccc(C(=O)N3CCCCCC3)cc2)c1. The Morgan fingerprint density at radius 1 is 0.882 bits per heavy atom. The predicted molar refractivity (Wildman–Crippen MR) is 134 cm³/mol. The van der Waals surface area contributed by atoms with E-state index in [1.54, 1.807) is 42.5 Å². The van der Waals surface area contributed by atoms with E-state index in [9.17, 15) is 14.4 Å². The fourth-order valence-electron chi connectivity index (χ4n) is 3.83. The van der Waals surface area contributed by atoms with E-state index >= 15 is 0 Å². The summed E-state index contributed by atoms with van der Waals surface area (Å²) >= 11 is 0. The molecule has 8 nitrogen and oxygen atoms in total. The van der Waals surface area contributed by atoms with Crippen molar-refractivity contribution in [1.82, 2.24) is 20.4 Å². The Balaban J connectivity index is 1.47. The van der Waals surface area contributed by atoms with E-state index in [1.165, 1.54) is 12.8 Å². The molecule has 2 aromatic carbocycles. The summed E-state index contributed by atoms with van der Waals surface area (Å²) < 4.78 is 0. The van der Waals surface area contributed by atoms with Gasteiger partial charge in [0.2, 0.25) is 0 Å². The van der Waals surface area contributed by atoms with E-state index in [0.29, 0.717) is 23.4 Å². The van der Waals surface area contributed by atoms with Crippen molar-refractivity contribution in [2.45, 2.75) is 32.2 Å². The molecule has 1 aliphatic rings. The molecule has 1 fully saturated rings. The minimum Gasteiger partial charge on any atom is -0.351 e. The maximum absolute atomic E-state index is 12.7. The molecular weight excluding hydrogens is 430 g/mol. The smallest absolute Gasteiger partial charge is 0.319 e. The van der Waals surface area contributed by atoms with Gasteiger partial charge in [0.15, 0.2) is 0 Å². The summed E-state index contributed by atoms with van der Waals surface area (Å²) in [4.78, 5) is 41.2. The van der Waals surface area contributed by atoms with Gasteiger partial charge in [-0.15, -0.1) is 0 Å². The molecule has 0 atom stereocenters. The number of benzene rings is 2. The average molecular weight is 466 g/mol. The number of likely N-dealkylation sites (N-methyl/N-ethyl adjacent to an activating group) is 1. The number of nitrogens with zero attached hydrogens (tertiary/aromatic N) is 2. The van der Waals surface area contributed by atoms with Crippen LogP contribution in [0.4, 0.5) is 10.5 Å². The predicted octanol–water partition coefficient (Wildman–Crippen LogP) is 3.32. The van der Waals surface area contributed by atoms with Crippen molar-refractivity contribution in [3.05, 3.63) is 65.2 Å². The topological polar surface area (TPSA) is 93.8 Å². The van der Waals surface area contributed by atoms with Gasteiger partial charge in [-0.25, -0.2) is 4.79 Å². The molecule has 0 saturated carbocycles. The maximum atomic E-state index is 12.7. The molecule has 0 aliphatic carbocycles. The molecular formula is C26H35N5O3. The number of likely N-dealkylation sites (tertiary alicyclic amines) is 1. The zero-order valence-corrected chi connectivity index (χ0v) is 20.1. The Hall–Kier alpha value is -3.39. The second kappa shape index (κ2) is 12.7. The maximum Gasteiger partial charge on any atom is 0.319 e. The lowest BCUT2D eigenvalue weighted by atomic mass is 10.1. The lowest BCUT2D eigenvalue weighted by Crippen LogP contribution is -2.32. The zero-order valence-electron chi connectivity index (χ0n) is 20.1. The highest BCUT2D eigenvalue weighted by Crippen LogP contribution is 2.16. The molecule has 1 aliphatic heterocycles. The van der Waals surface area contributed by atoms with Gasteiger partial charge in [0.25, 0.3) is 11.8 Å². The fourth-order valence-corrected chi connectivity index (χ4v) is 3.83. The van der Waals surface area contributed by atoms with Gasteiger partial charge in [0, 0.05) is 49.5 Å². The van der Waals surface area contributed by atoms with E-state index in [-0.39, 0.29) is 24.4 Å². The van der Waals surface area contributed by atoms with Crippen LogP contribution in [0.25, 0.3) is 0 Å². The molecule has 34 heavy (non-hydrogen) atoms. The minimum atomic E-state index is -0.354. The number of carbonyl (C=O) groups is 3. The highest BCUT2D eigenvalue weighted by Gasteiger charge is 2.17. The molecule has 8 heteroatoms. The van der Waals surface area contributed by atoms with Gasteiger partial charge >= 0.3 is 6.03 Å². The standard InChI is InChI=1S/C26H35N5O3/c1-30(2)17-14-27-24(32)22-9-7-8-20(18-22)19-28-26(34)29-23-12-10-21(11-13-23)25(33)31-15-5-3-4-6-16-31/h7-13,18H,3-6,14-17,19H2,1-2H3,(H,27,32)(H2,28,29,34). The van der Waals surface area contributed by atoms with Crippen LogP contribution in [0.3, 0.4) is 0 Å². The van der Waals surface area contributed by atoms with E-state index in [4.69, 9.17) is 0 Å². The van der Waals surface area contributed by atoms with Crippen LogP contribution in [0.5, 0.6) is 0 Å². The summed E-state index contributed by atoms with van der Waals surface area (Å²) in [5.74, 6) is -0.0912. The molecule has 1 saturated heterocycles. The van der Waals surface area contributed by atoms with Crippen LogP contribution < -0.4 is 16.0 Å². The van der Waals surface area contributed by atoms with Crippen LogP contribution >= 0.6 is 0 Å². The van der Waals surface area contributed by atoms with Crippen LogP contribution in [0, 0.1) is 0 Å². The third kappa shape index (κ3) is 7.88. The first-order valence-electron chi connectivity index (χ1n) is 11.9. The second-order valence-electron chi connectivity index (χ2n) is 8.85. The molecule has 0 unspecified atom stereocenters. The zero-order chi connectivity index (χ0) is 24.3. The van der Waals surface area contributed by atoms with Crippen LogP contribution in [-0.4, -0.2) is 67.9 Å². The van der Waals surface area contributed by atoms with Crippen molar-refractivity contribution in [3.8, 4) is 0 Å². The minimum absolute atomic E-state index is 0.0449. The van der Waals surface area contributed by atoms with E-state index in [0.717, 1.165) is 38.0 Å². The van der Waals surface area contributed by atoms with Crippen molar-refractivity contribution >= 4 is 23.5 Å². The first kappa shape index (κ1) is 25.2. The summed E-state index contributed by atoms with van der Waals surface area (Å²) in [6.45, 7) is 3.23. The molecule has 182 valence electrons. The summed E-state index contributed by atoms with van der Waals surface area (Å²) in [7, 11) is 3.90. The van der Waals surface area contributed by atoms with E-state index < -0.39 is 0 Å². The summed E-state index contributed by atoms with van der Waals surface area (Å²) in [6.07, 6.45) is 4.46. The molecule has 4 amide bonds. The Bertz CT molecular complexity index is 967. The monoisotopic (exact) mass is 465 g/mol. The summed E-state index contributed by atoms with van der Waals surface area (Å²) in [5.41, 5.74) is 2.63. The number of urea groups is 1. The Morgan fingerprint density at radius 2 is 1.59 bits per heavy atom. The van der Waals surface area contributed by atoms with Gasteiger partial charge < -0.3 is 25.8 Å². The third-order valence-corrected chi connectivity index (χ3v) is 5.77. The molecule has 3 rings (SSSR count).